The van der Waals surface area contributed by atoms with Gasteiger partial charge in [-0.05, 0) is 57.6 Å². The second-order valence-corrected chi connectivity index (χ2v) is 9.28. The Kier molecular flexibility index (Phi) is 14.5. The maximum atomic E-state index is 10.4. The molecule has 0 heterocycles. The zero-order valence-electron chi connectivity index (χ0n) is 18.3. The van der Waals surface area contributed by atoms with Gasteiger partial charge in [0.15, 0.2) is 0 Å². The van der Waals surface area contributed by atoms with Gasteiger partial charge in [-0.15, -0.1) is 0 Å². The highest BCUT2D eigenvalue weighted by Crippen LogP contribution is 2.12. The van der Waals surface area contributed by atoms with Crippen molar-refractivity contribution in [3.63, 3.8) is 0 Å². The summed E-state index contributed by atoms with van der Waals surface area (Å²) < 4.78 is 32.4. The Morgan fingerprint density at radius 2 is 1.29 bits per heavy atom. The van der Waals surface area contributed by atoms with E-state index in [-0.39, 0.29) is 4.90 Å². The molecule has 1 aromatic rings. The third kappa shape index (κ3) is 13.3. The van der Waals surface area contributed by atoms with Gasteiger partial charge in [0.05, 0.1) is 31.6 Å². The van der Waals surface area contributed by atoms with Crippen molar-refractivity contribution in [1.82, 2.24) is 0 Å². The predicted octanol–water partition coefficient (Wildman–Crippen LogP) is 4.49. The van der Waals surface area contributed by atoms with E-state index >= 15 is 0 Å². The molecule has 1 rings (SSSR count). The Hall–Kier alpha value is -0.950. The molecule has 0 saturated carbocycles. The molecular formula is C22H41NO4S. The van der Waals surface area contributed by atoms with Crippen LogP contribution in [0.4, 0.5) is 0 Å². The molecule has 0 unspecified atom stereocenters. The molecule has 0 atom stereocenters. The lowest BCUT2D eigenvalue weighted by atomic mass is 10.1. The fourth-order valence-electron chi connectivity index (χ4n) is 3.13. The average Bonchev–Trinajstić information content (AvgIpc) is 2.63. The Labute approximate surface area is 173 Å². The van der Waals surface area contributed by atoms with Gasteiger partial charge in [0.2, 0.25) is 0 Å². The molecule has 0 aliphatic carbocycles. The Bertz CT molecular complexity index is 573. The van der Waals surface area contributed by atoms with E-state index in [1.165, 1.54) is 81.2 Å². The number of benzene rings is 1. The number of hydrogen-bond donors (Lipinski definition) is 1. The molecule has 6 heteroatoms. The Balaban J connectivity index is 0.000000567. The molecule has 0 radical (unpaired) electrons. The maximum absolute atomic E-state index is 10.4. The zero-order chi connectivity index (χ0) is 21.5. The highest BCUT2D eigenvalue weighted by atomic mass is 32.2. The summed E-state index contributed by atoms with van der Waals surface area (Å²) in [4.78, 5) is -0.178. The van der Waals surface area contributed by atoms with Crippen LogP contribution >= 0.6 is 0 Å². The van der Waals surface area contributed by atoms with Crippen molar-refractivity contribution in [2.75, 3.05) is 33.3 Å². The van der Waals surface area contributed by atoms with Crippen LogP contribution in [0.15, 0.2) is 29.2 Å². The Morgan fingerprint density at radius 1 is 0.857 bits per heavy atom. The van der Waals surface area contributed by atoms with E-state index in [4.69, 9.17) is 5.11 Å². The van der Waals surface area contributed by atoms with Crippen molar-refractivity contribution in [3.8, 4) is 0 Å². The number of unbranched alkanes of at least 4 members (excludes halogenated alkanes) is 5. The largest absolute Gasteiger partial charge is 0.744 e. The minimum absolute atomic E-state index is 0.178. The van der Waals surface area contributed by atoms with E-state index in [0.717, 1.165) is 12.0 Å². The van der Waals surface area contributed by atoms with Gasteiger partial charge >= 0.3 is 0 Å². The molecule has 0 saturated heterocycles. The van der Waals surface area contributed by atoms with Crippen LogP contribution in [0.2, 0.25) is 0 Å². The summed E-state index contributed by atoms with van der Waals surface area (Å²) in [5.41, 5.74) is 0.928. The molecule has 0 spiro atoms. The summed E-state index contributed by atoms with van der Waals surface area (Å²) in [6.07, 6.45) is 10.2. The fourth-order valence-corrected chi connectivity index (χ4v) is 3.60. The topological polar surface area (TPSA) is 77.4 Å². The smallest absolute Gasteiger partial charge is 0.124 e. The first-order valence-corrected chi connectivity index (χ1v) is 12.1. The van der Waals surface area contributed by atoms with Gasteiger partial charge in [0, 0.05) is 6.61 Å². The molecule has 0 bridgehead atoms. The van der Waals surface area contributed by atoms with Crippen LogP contribution in [0.5, 0.6) is 0 Å². The molecule has 0 amide bonds. The lowest BCUT2D eigenvalue weighted by Gasteiger charge is -2.35. The van der Waals surface area contributed by atoms with Crippen molar-refractivity contribution >= 4 is 10.1 Å². The third-order valence-electron chi connectivity index (χ3n) is 5.02. The zero-order valence-corrected chi connectivity index (χ0v) is 19.1. The van der Waals surface area contributed by atoms with E-state index < -0.39 is 10.1 Å². The average molecular weight is 416 g/mol. The molecule has 0 aromatic heterocycles. The molecule has 28 heavy (non-hydrogen) atoms. The van der Waals surface area contributed by atoms with E-state index in [0.29, 0.717) is 6.61 Å². The van der Waals surface area contributed by atoms with Crippen LogP contribution in [-0.2, 0) is 10.1 Å². The fraction of sp³-hybridized carbons (Fsp3) is 0.727. The molecule has 0 fully saturated rings. The summed E-state index contributed by atoms with van der Waals surface area (Å²) in [6.45, 7) is 10.6. The first-order valence-electron chi connectivity index (χ1n) is 10.7. The molecule has 0 aliphatic heterocycles. The first kappa shape index (κ1) is 27.0. The highest BCUT2D eigenvalue weighted by Gasteiger charge is 2.19. The van der Waals surface area contributed by atoms with Crippen LogP contribution in [-0.4, -0.2) is 55.8 Å². The van der Waals surface area contributed by atoms with E-state index in [1.54, 1.807) is 12.1 Å². The van der Waals surface area contributed by atoms with Crippen LogP contribution < -0.4 is 0 Å². The lowest BCUT2D eigenvalue weighted by molar-refractivity contribution is -0.910. The van der Waals surface area contributed by atoms with Crippen LogP contribution in [0.3, 0.4) is 0 Å². The number of hydrogen-bond acceptors (Lipinski definition) is 4. The van der Waals surface area contributed by atoms with Gasteiger partial charge in [-0.25, -0.2) is 8.42 Å². The van der Waals surface area contributed by atoms with Gasteiger partial charge in [-0.3, -0.25) is 0 Å². The normalized spacial score (nSPS) is 11.8. The first-order chi connectivity index (χ1) is 13.2. The monoisotopic (exact) mass is 415 g/mol. The van der Waals surface area contributed by atoms with Crippen LogP contribution in [0.1, 0.15) is 70.8 Å². The SMILES string of the molecule is CCCCC[N+](C)(CCCCC)CCCCO.Cc1ccc(S(=O)(=O)[O-])cc1. The number of rotatable bonds is 13. The Morgan fingerprint density at radius 3 is 1.64 bits per heavy atom. The van der Waals surface area contributed by atoms with Crippen molar-refractivity contribution in [1.29, 1.82) is 0 Å². The minimum Gasteiger partial charge on any atom is -0.744 e. The van der Waals surface area contributed by atoms with Crippen molar-refractivity contribution in [2.45, 2.75) is 77.0 Å². The molecule has 5 nitrogen and oxygen atoms in total. The summed E-state index contributed by atoms with van der Waals surface area (Å²) in [7, 11) is -1.86. The predicted molar refractivity (Wildman–Crippen MR) is 115 cm³/mol. The summed E-state index contributed by atoms with van der Waals surface area (Å²) in [5.74, 6) is 0. The van der Waals surface area contributed by atoms with Gasteiger partial charge in [0.25, 0.3) is 0 Å². The number of quaternary nitrogens is 1. The van der Waals surface area contributed by atoms with E-state index in [2.05, 4.69) is 20.9 Å². The van der Waals surface area contributed by atoms with Gasteiger partial charge in [-0.1, -0.05) is 44.4 Å². The summed E-state index contributed by atoms with van der Waals surface area (Å²) in [6, 6.07) is 5.78. The van der Waals surface area contributed by atoms with Crippen LogP contribution in [0, 0.1) is 6.92 Å². The lowest BCUT2D eigenvalue weighted by Crippen LogP contribution is -2.46. The number of nitrogens with zero attached hydrogens (tertiary/aromatic N) is 1. The van der Waals surface area contributed by atoms with Crippen molar-refractivity contribution < 1.29 is 22.6 Å². The van der Waals surface area contributed by atoms with E-state index in [1.807, 2.05) is 6.92 Å². The number of aliphatic hydroxyl groups excluding tert-OH is 1. The molecule has 1 aromatic carbocycles. The second kappa shape index (κ2) is 15.0. The highest BCUT2D eigenvalue weighted by molar-refractivity contribution is 7.85. The summed E-state index contributed by atoms with van der Waals surface area (Å²) >= 11 is 0. The third-order valence-corrected chi connectivity index (χ3v) is 5.87. The standard InChI is InChI=1S/C15H34NO.C7H8O3S/c1-4-6-8-12-16(3,13-9-7-5-2)14-10-11-15-17;1-6-2-4-7(5-3-6)11(8,9)10/h17H,4-15H2,1-3H3;2-5H,1H3,(H,8,9,10)/q+1;/p-1. The van der Waals surface area contributed by atoms with Crippen molar-refractivity contribution in [3.05, 3.63) is 29.8 Å². The van der Waals surface area contributed by atoms with Gasteiger partial charge in [-0.2, -0.15) is 0 Å². The molecule has 0 aliphatic rings. The van der Waals surface area contributed by atoms with Gasteiger partial charge in [0.1, 0.15) is 10.1 Å². The number of aryl methyl sites for hydroxylation is 1. The second-order valence-electron chi connectivity index (χ2n) is 7.90. The maximum Gasteiger partial charge on any atom is 0.124 e. The number of aliphatic hydroxyl groups is 1. The van der Waals surface area contributed by atoms with Gasteiger partial charge < -0.3 is 14.1 Å². The minimum atomic E-state index is -4.27. The molecule has 164 valence electrons. The van der Waals surface area contributed by atoms with Crippen LogP contribution in [0.25, 0.3) is 0 Å². The van der Waals surface area contributed by atoms with Crippen molar-refractivity contribution in [2.24, 2.45) is 0 Å². The van der Waals surface area contributed by atoms with E-state index in [9.17, 15) is 13.0 Å². The molecular weight excluding hydrogens is 374 g/mol. The quantitative estimate of drug-likeness (QED) is 0.293. The summed E-state index contributed by atoms with van der Waals surface area (Å²) in [5, 5.41) is 8.88. The molecule has 1 N–H and O–H groups in total.